The summed E-state index contributed by atoms with van der Waals surface area (Å²) in [5.41, 5.74) is -4.83. The second-order valence-corrected chi connectivity index (χ2v) is 10.9. The van der Waals surface area contributed by atoms with Crippen LogP contribution in [0, 0.1) is 0 Å². The first-order chi connectivity index (χ1) is 21.7. The third kappa shape index (κ3) is 7.24. The van der Waals surface area contributed by atoms with Crippen LogP contribution in [0.1, 0.15) is 49.8 Å². The number of hydrogen-bond acceptors (Lipinski definition) is 5. The zero-order valence-corrected chi connectivity index (χ0v) is 25.2. The predicted molar refractivity (Wildman–Crippen MR) is 157 cm³/mol. The molecule has 3 aromatic rings. The van der Waals surface area contributed by atoms with Crippen LogP contribution in [0.3, 0.4) is 0 Å². The second kappa shape index (κ2) is 14.0. The van der Waals surface area contributed by atoms with Crippen molar-refractivity contribution < 1.29 is 50.5 Å². The smallest absolute Gasteiger partial charge is 0.430 e. The number of benzene rings is 3. The van der Waals surface area contributed by atoms with Gasteiger partial charge in [0.2, 0.25) is 0 Å². The molecule has 46 heavy (non-hydrogen) atoms. The second-order valence-electron chi connectivity index (χ2n) is 10.9. The highest BCUT2D eigenvalue weighted by molar-refractivity contribution is 6.14. The van der Waals surface area contributed by atoms with Crippen molar-refractivity contribution in [2.45, 2.75) is 70.1 Å². The first-order valence-electron chi connectivity index (χ1n) is 14.7. The van der Waals surface area contributed by atoms with Gasteiger partial charge in [0.25, 0.3) is 11.5 Å². The minimum Gasteiger partial charge on any atom is -0.493 e. The molecule has 0 spiro atoms. The van der Waals surface area contributed by atoms with Gasteiger partial charge in [-0.05, 0) is 61.6 Å². The first-order valence-corrected chi connectivity index (χ1v) is 14.7. The van der Waals surface area contributed by atoms with Crippen molar-refractivity contribution in [1.82, 2.24) is 4.90 Å². The maximum absolute atomic E-state index is 13.4. The van der Waals surface area contributed by atoms with Crippen LogP contribution in [0.4, 0.5) is 36.8 Å². The van der Waals surface area contributed by atoms with Crippen LogP contribution >= 0.6 is 0 Å². The van der Waals surface area contributed by atoms with E-state index in [4.69, 9.17) is 9.47 Å². The highest BCUT2D eigenvalue weighted by atomic mass is 19.4. The van der Waals surface area contributed by atoms with Gasteiger partial charge in [-0.1, -0.05) is 55.8 Å². The van der Waals surface area contributed by atoms with Crippen LogP contribution in [0.25, 0.3) is 0 Å². The molecule has 0 aromatic heterocycles. The Morgan fingerprint density at radius 2 is 1.54 bits per heavy atom. The standard InChI is InChI=1S/C33H34F6N2O5/c1-3-10-24-19-25(31(44,32(34,35)36)33(37,38)39)15-16-28(24)45-18-8-7-17-40-29(42)22(2)41(30(40)43)26-13-9-14-27(20-26)46-21-23-11-5-4-6-12-23/h4-6,9,11-16,19-20,22,44H,3,7-8,10,17-18,21H2,1-2H3. The highest BCUT2D eigenvalue weighted by Crippen LogP contribution is 2.50. The van der Waals surface area contributed by atoms with Gasteiger partial charge < -0.3 is 14.6 Å². The molecule has 1 fully saturated rings. The fourth-order valence-electron chi connectivity index (χ4n) is 5.18. The molecule has 0 saturated carbocycles. The number of ether oxygens (including phenoxy) is 2. The summed E-state index contributed by atoms with van der Waals surface area (Å²) in [6, 6.07) is 17.4. The number of amides is 3. The molecular formula is C33H34F6N2O5. The van der Waals surface area contributed by atoms with E-state index in [2.05, 4.69) is 0 Å². The fraction of sp³-hybridized carbons (Fsp3) is 0.394. The first kappa shape index (κ1) is 34.6. The summed E-state index contributed by atoms with van der Waals surface area (Å²) in [5, 5.41) is 9.76. The van der Waals surface area contributed by atoms with E-state index >= 15 is 0 Å². The minimum atomic E-state index is -5.99. The lowest BCUT2D eigenvalue weighted by molar-refractivity contribution is -0.376. The molecular weight excluding hydrogens is 618 g/mol. The maximum Gasteiger partial charge on any atom is 0.430 e. The molecule has 1 N–H and O–H groups in total. The summed E-state index contributed by atoms with van der Waals surface area (Å²) in [5.74, 6) is 0.227. The number of imide groups is 1. The number of nitrogens with zero attached hydrogens (tertiary/aromatic N) is 2. The molecule has 1 aliphatic rings. The molecule has 4 rings (SSSR count). The van der Waals surface area contributed by atoms with Crippen molar-refractivity contribution in [1.29, 1.82) is 0 Å². The van der Waals surface area contributed by atoms with E-state index in [9.17, 15) is 41.0 Å². The molecule has 3 amide bonds. The molecule has 1 aliphatic heterocycles. The number of rotatable bonds is 13. The lowest BCUT2D eigenvalue weighted by atomic mass is 9.90. The number of hydrogen-bond donors (Lipinski definition) is 1. The average molecular weight is 653 g/mol. The van der Waals surface area contributed by atoms with Crippen LogP contribution < -0.4 is 14.4 Å². The molecule has 0 bridgehead atoms. The molecule has 0 aliphatic carbocycles. The van der Waals surface area contributed by atoms with E-state index in [1.807, 2.05) is 30.3 Å². The lowest BCUT2D eigenvalue weighted by Crippen LogP contribution is -2.53. The number of anilines is 1. The van der Waals surface area contributed by atoms with E-state index in [-0.39, 0.29) is 36.8 Å². The Hall–Kier alpha value is -4.26. The number of aliphatic hydroxyl groups is 1. The van der Waals surface area contributed by atoms with Crippen molar-refractivity contribution in [3.63, 3.8) is 0 Å². The van der Waals surface area contributed by atoms with Gasteiger partial charge in [-0.2, -0.15) is 26.3 Å². The Morgan fingerprint density at radius 1 is 0.848 bits per heavy atom. The number of alkyl halides is 6. The number of halogens is 6. The van der Waals surface area contributed by atoms with Crippen LogP contribution in [-0.2, 0) is 23.4 Å². The van der Waals surface area contributed by atoms with E-state index in [1.165, 1.54) is 4.90 Å². The number of carbonyl (C=O) groups excluding carboxylic acids is 2. The van der Waals surface area contributed by atoms with E-state index in [0.29, 0.717) is 49.4 Å². The van der Waals surface area contributed by atoms with Crippen molar-refractivity contribution in [2.75, 3.05) is 18.1 Å². The topological polar surface area (TPSA) is 79.3 Å². The Labute approximate surface area is 262 Å². The number of urea groups is 1. The minimum absolute atomic E-state index is 0.0230. The monoisotopic (exact) mass is 652 g/mol. The Balaban J connectivity index is 1.35. The normalized spacial score (nSPS) is 15.9. The van der Waals surface area contributed by atoms with Gasteiger partial charge in [0.15, 0.2) is 0 Å². The van der Waals surface area contributed by atoms with E-state index < -0.39 is 35.6 Å². The molecule has 1 saturated heterocycles. The summed E-state index contributed by atoms with van der Waals surface area (Å²) in [4.78, 5) is 28.7. The van der Waals surface area contributed by atoms with Crippen LogP contribution in [-0.4, -0.2) is 53.5 Å². The number of aryl methyl sites for hydroxylation is 1. The largest absolute Gasteiger partial charge is 0.493 e. The molecule has 1 atom stereocenters. The zero-order chi connectivity index (χ0) is 33.7. The Morgan fingerprint density at radius 3 is 2.20 bits per heavy atom. The van der Waals surface area contributed by atoms with Crippen LogP contribution in [0.5, 0.6) is 11.5 Å². The molecule has 7 nitrogen and oxygen atoms in total. The third-order valence-corrected chi connectivity index (χ3v) is 7.64. The summed E-state index contributed by atoms with van der Waals surface area (Å²) >= 11 is 0. The van der Waals surface area contributed by atoms with Gasteiger partial charge in [0, 0.05) is 18.2 Å². The van der Waals surface area contributed by atoms with Crippen molar-refractivity contribution in [3.05, 3.63) is 89.5 Å². The van der Waals surface area contributed by atoms with Crippen molar-refractivity contribution in [2.24, 2.45) is 0 Å². The van der Waals surface area contributed by atoms with Gasteiger partial charge in [-0.25, -0.2) is 4.79 Å². The molecule has 3 aromatic carbocycles. The molecule has 248 valence electrons. The van der Waals surface area contributed by atoms with Crippen molar-refractivity contribution in [3.8, 4) is 11.5 Å². The fourth-order valence-corrected chi connectivity index (χ4v) is 5.18. The predicted octanol–water partition coefficient (Wildman–Crippen LogP) is 7.55. The van der Waals surface area contributed by atoms with Crippen LogP contribution in [0.15, 0.2) is 72.8 Å². The Bertz CT molecular complexity index is 1500. The summed E-state index contributed by atoms with van der Waals surface area (Å²) in [6.45, 7) is 3.75. The van der Waals surface area contributed by atoms with Gasteiger partial charge >= 0.3 is 18.4 Å². The van der Waals surface area contributed by atoms with Crippen LogP contribution in [0.2, 0.25) is 0 Å². The SMILES string of the molecule is CCCc1cc(C(O)(C(F)(F)F)C(F)(F)F)ccc1OCCCCN1C(=O)C(C)N(c2cccc(OCc3ccccc3)c2)C1=O. The summed E-state index contributed by atoms with van der Waals surface area (Å²) in [6.07, 6.45) is -10.8. The summed E-state index contributed by atoms with van der Waals surface area (Å²) in [7, 11) is 0. The Kier molecular flexibility index (Phi) is 10.5. The van der Waals surface area contributed by atoms with Gasteiger partial charge in [-0.3, -0.25) is 14.6 Å². The van der Waals surface area contributed by atoms with E-state index in [0.717, 1.165) is 16.5 Å². The highest BCUT2D eigenvalue weighted by Gasteiger charge is 2.71. The molecule has 13 heteroatoms. The average Bonchev–Trinajstić information content (AvgIpc) is 3.22. The zero-order valence-electron chi connectivity index (χ0n) is 25.2. The summed E-state index contributed by atoms with van der Waals surface area (Å²) < 4.78 is 91.7. The van der Waals surface area contributed by atoms with Gasteiger partial charge in [-0.15, -0.1) is 0 Å². The van der Waals surface area contributed by atoms with Gasteiger partial charge in [0.1, 0.15) is 24.1 Å². The quantitative estimate of drug-likeness (QED) is 0.117. The van der Waals surface area contributed by atoms with E-state index in [1.54, 1.807) is 38.1 Å². The molecule has 1 unspecified atom stereocenters. The van der Waals surface area contributed by atoms with Crippen molar-refractivity contribution >= 4 is 17.6 Å². The molecule has 1 heterocycles. The van der Waals surface area contributed by atoms with Gasteiger partial charge in [0.05, 0.1) is 12.3 Å². The molecule has 0 radical (unpaired) electrons. The number of carbonyl (C=O) groups is 2. The lowest BCUT2D eigenvalue weighted by Gasteiger charge is -2.33. The number of unbranched alkanes of at least 4 members (excludes halogenated alkanes) is 1. The maximum atomic E-state index is 13.4. The third-order valence-electron chi connectivity index (χ3n) is 7.64.